The molecule has 3 rings (SSSR count). The molecule has 2 atom stereocenters. The van der Waals surface area contributed by atoms with Crippen LogP contribution in [-0.4, -0.2) is 6.10 Å². The summed E-state index contributed by atoms with van der Waals surface area (Å²) in [7, 11) is 0. The van der Waals surface area contributed by atoms with Crippen LogP contribution in [0.25, 0.3) is 0 Å². The fourth-order valence-corrected chi connectivity index (χ4v) is 2.31. The Hall–Kier alpha value is -0.820. The fourth-order valence-electron chi connectivity index (χ4n) is 2.31. The molecule has 0 N–H and O–H groups in total. The van der Waals surface area contributed by atoms with Crippen LogP contribution in [0.2, 0.25) is 0 Å². The molecule has 1 saturated heterocycles. The van der Waals surface area contributed by atoms with Crippen LogP contribution < -0.4 is 0 Å². The summed E-state index contributed by atoms with van der Waals surface area (Å²) in [5, 5.41) is 0. The molecule has 0 amide bonds. The number of hydrogen-bond donors (Lipinski definition) is 0. The van der Waals surface area contributed by atoms with Crippen molar-refractivity contribution in [3.63, 3.8) is 0 Å². The van der Waals surface area contributed by atoms with E-state index in [0.717, 1.165) is 0 Å². The molecule has 0 bridgehead atoms. The summed E-state index contributed by atoms with van der Waals surface area (Å²) in [6.45, 7) is 4.37. The predicted molar refractivity (Wildman–Crippen MR) is 51.9 cm³/mol. The maximum absolute atomic E-state index is 5.60. The monoisotopic (exact) mass is 174 g/mol. The normalized spacial score (nSPS) is 29.4. The lowest BCUT2D eigenvalue weighted by Gasteiger charge is -2.14. The van der Waals surface area contributed by atoms with Crippen molar-refractivity contribution in [1.29, 1.82) is 0 Å². The Morgan fingerprint density at radius 2 is 2.00 bits per heavy atom. The Bertz CT molecular complexity index is 368. The molecule has 1 aromatic rings. The van der Waals surface area contributed by atoms with Gasteiger partial charge in [-0.15, -0.1) is 0 Å². The molecule has 1 nitrogen and oxygen atoms in total. The van der Waals surface area contributed by atoms with Crippen LogP contribution in [0.1, 0.15) is 34.8 Å². The van der Waals surface area contributed by atoms with E-state index in [1.165, 1.54) is 35.1 Å². The van der Waals surface area contributed by atoms with Crippen molar-refractivity contribution in [2.24, 2.45) is 0 Å². The summed E-state index contributed by atoms with van der Waals surface area (Å²) in [5.74, 6) is 0. The molecule has 1 fully saturated rings. The van der Waals surface area contributed by atoms with E-state index in [0.29, 0.717) is 12.2 Å². The number of aryl methyl sites for hydroxylation is 3. The molecule has 0 spiro atoms. The third kappa shape index (κ3) is 1.03. The third-order valence-electron chi connectivity index (χ3n) is 3.34. The Morgan fingerprint density at radius 1 is 1.23 bits per heavy atom. The molecule has 0 aromatic heterocycles. The number of hydrogen-bond acceptors (Lipinski definition) is 1. The van der Waals surface area contributed by atoms with Gasteiger partial charge in [0, 0.05) is 0 Å². The first-order valence-corrected chi connectivity index (χ1v) is 5.01. The van der Waals surface area contributed by atoms with Gasteiger partial charge in [0.15, 0.2) is 0 Å². The Morgan fingerprint density at radius 3 is 2.85 bits per heavy atom. The average molecular weight is 174 g/mol. The summed E-state index contributed by atoms with van der Waals surface area (Å²) >= 11 is 0. The van der Waals surface area contributed by atoms with Crippen LogP contribution in [0.15, 0.2) is 12.1 Å². The minimum atomic E-state index is 0.447. The van der Waals surface area contributed by atoms with E-state index in [4.69, 9.17) is 4.74 Å². The standard InChI is InChI=1S/C12H14O/c1-7-5-9-3-4-11-12(13-11)10(9)6-8(7)2/h5-6,11-12H,3-4H2,1-2H3. The molecule has 1 heterocycles. The summed E-state index contributed by atoms with van der Waals surface area (Å²) < 4.78 is 5.60. The number of ether oxygens (including phenoxy) is 1. The van der Waals surface area contributed by atoms with Gasteiger partial charge in [0.2, 0.25) is 0 Å². The van der Waals surface area contributed by atoms with E-state index >= 15 is 0 Å². The SMILES string of the molecule is Cc1cc2c(cc1C)C1OC1CC2. The predicted octanol–water partition coefficient (Wildman–Crippen LogP) is 2.69. The van der Waals surface area contributed by atoms with Gasteiger partial charge < -0.3 is 4.74 Å². The van der Waals surface area contributed by atoms with Crippen molar-refractivity contribution in [3.05, 3.63) is 34.4 Å². The quantitative estimate of drug-likeness (QED) is 0.551. The largest absolute Gasteiger partial charge is 0.364 e. The first kappa shape index (κ1) is 7.57. The molecule has 1 aromatic carbocycles. The van der Waals surface area contributed by atoms with Crippen LogP contribution >= 0.6 is 0 Å². The summed E-state index contributed by atoms with van der Waals surface area (Å²) in [5.41, 5.74) is 5.79. The number of fused-ring (bicyclic) bond motifs is 3. The van der Waals surface area contributed by atoms with E-state index in [1.54, 1.807) is 0 Å². The second-order valence-corrected chi connectivity index (χ2v) is 4.27. The molecule has 0 saturated carbocycles. The van der Waals surface area contributed by atoms with Gasteiger partial charge in [-0.1, -0.05) is 12.1 Å². The van der Waals surface area contributed by atoms with Crippen LogP contribution in [0.4, 0.5) is 0 Å². The minimum Gasteiger partial charge on any atom is -0.364 e. The van der Waals surface area contributed by atoms with Crippen LogP contribution in [-0.2, 0) is 11.2 Å². The zero-order chi connectivity index (χ0) is 9.00. The molecule has 0 radical (unpaired) electrons. The van der Waals surface area contributed by atoms with E-state index in [1.807, 2.05) is 0 Å². The van der Waals surface area contributed by atoms with Gasteiger partial charge in [-0.3, -0.25) is 0 Å². The lowest BCUT2D eigenvalue weighted by atomic mass is 9.89. The highest BCUT2D eigenvalue weighted by atomic mass is 16.6. The summed E-state index contributed by atoms with van der Waals surface area (Å²) in [4.78, 5) is 0. The summed E-state index contributed by atoms with van der Waals surface area (Å²) in [6.07, 6.45) is 3.43. The molecular weight excluding hydrogens is 160 g/mol. The van der Waals surface area contributed by atoms with Gasteiger partial charge in [-0.25, -0.2) is 0 Å². The van der Waals surface area contributed by atoms with E-state index in [-0.39, 0.29) is 0 Å². The van der Waals surface area contributed by atoms with Crippen molar-refractivity contribution in [2.45, 2.75) is 38.9 Å². The van der Waals surface area contributed by atoms with Crippen LogP contribution in [0, 0.1) is 13.8 Å². The van der Waals surface area contributed by atoms with E-state index in [2.05, 4.69) is 26.0 Å². The summed E-state index contributed by atoms with van der Waals surface area (Å²) in [6, 6.07) is 4.65. The second kappa shape index (κ2) is 2.36. The average Bonchev–Trinajstić information content (AvgIpc) is 2.86. The first-order valence-electron chi connectivity index (χ1n) is 5.01. The van der Waals surface area contributed by atoms with Crippen LogP contribution in [0.3, 0.4) is 0 Å². The molecule has 1 aliphatic heterocycles. The molecule has 1 heteroatoms. The Labute approximate surface area is 78.7 Å². The zero-order valence-corrected chi connectivity index (χ0v) is 8.13. The van der Waals surface area contributed by atoms with Crippen molar-refractivity contribution < 1.29 is 4.74 Å². The highest BCUT2D eigenvalue weighted by Crippen LogP contribution is 2.47. The number of rotatable bonds is 0. The zero-order valence-electron chi connectivity index (χ0n) is 8.13. The van der Waals surface area contributed by atoms with Gasteiger partial charge in [0.05, 0.1) is 6.10 Å². The molecule has 2 aliphatic rings. The maximum atomic E-state index is 5.60. The van der Waals surface area contributed by atoms with E-state index in [9.17, 15) is 0 Å². The highest BCUT2D eigenvalue weighted by Gasteiger charge is 2.43. The topological polar surface area (TPSA) is 12.5 Å². The fraction of sp³-hybridized carbons (Fsp3) is 0.500. The molecular formula is C12H14O. The second-order valence-electron chi connectivity index (χ2n) is 4.27. The highest BCUT2D eigenvalue weighted by molar-refractivity contribution is 5.42. The molecule has 1 aliphatic carbocycles. The van der Waals surface area contributed by atoms with Gasteiger partial charge in [-0.2, -0.15) is 0 Å². The lowest BCUT2D eigenvalue weighted by molar-refractivity contribution is 0.372. The number of epoxide rings is 1. The maximum Gasteiger partial charge on any atom is 0.109 e. The van der Waals surface area contributed by atoms with Crippen LogP contribution in [0.5, 0.6) is 0 Å². The van der Waals surface area contributed by atoms with Crippen molar-refractivity contribution >= 4 is 0 Å². The van der Waals surface area contributed by atoms with Crippen molar-refractivity contribution in [1.82, 2.24) is 0 Å². The van der Waals surface area contributed by atoms with Gasteiger partial charge in [0.1, 0.15) is 6.10 Å². The minimum absolute atomic E-state index is 0.447. The van der Waals surface area contributed by atoms with Crippen molar-refractivity contribution in [3.8, 4) is 0 Å². The van der Waals surface area contributed by atoms with Gasteiger partial charge in [-0.05, 0) is 48.9 Å². The van der Waals surface area contributed by atoms with Gasteiger partial charge in [0.25, 0.3) is 0 Å². The Kier molecular flexibility index (Phi) is 1.37. The third-order valence-corrected chi connectivity index (χ3v) is 3.34. The molecule has 2 unspecified atom stereocenters. The van der Waals surface area contributed by atoms with E-state index < -0.39 is 0 Å². The molecule has 13 heavy (non-hydrogen) atoms. The smallest absolute Gasteiger partial charge is 0.109 e. The lowest BCUT2D eigenvalue weighted by Crippen LogP contribution is -2.05. The number of benzene rings is 1. The Balaban J connectivity index is 2.15. The first-order chi connectivity index (χ1) is 6.25. The van der Waals surface area contributed by atoms with Crippen molar-refractivity contribution in [2.75, 3.05) is 0 Å². The molecule has 68 valence electrons. The van der Waals surface area contributed by atoms with Gasteiger partial charge >= 0.3 is 0 Å².